The van der Waals surface area contributed by atoms with Crippen LogP contribution in [0.4, 0.5) is 0 Å². The van der Waals surface area contributed by atoms with Crippen LogP contribution in [0.25, 0.3) is 0 Å². The van der Waals surface area contributed by atoms with Crippen LogP contribution in [-0.2, 0) is 4.74 Å². The first-order valence-corrected chi connectivity index (χ1v) is 7.92. The van der Waals surface area contributed by atoms with Gasteiger partial charge in [0.15, 0.2) is 0 Å². The van der Waals surface area contributed by atoms with Crippen LogP contribution in [0.1, 0.15) is 59.6 Å². The van der Waals surface area contributed by atoms with E-state index in [1.807, 2.05) is 19.1 Å². The minimum atomic E-state index is -0.136. The Balaban J connectivity index is 2.02. The largest absolute Gasteiger partial charge is 0.494 e. The van der Waals surface area contributed by atoms with Crippen molar-refractivity contribution in [2.75, 3.05) is 6.61 Å². The normalized spacial score (nSPS) is 24.8. The molecule has 0 bridgehead atoms. The monoisotopic (exact) mass is 291 g/mol. The standard InChI is InChI=1S/C18H29NO2/c1-7-20-15-10-8-14(9-11-15)13(2)19-16-12-17(3,4)21-18(16,5)6/h8-11,13,16,19H,7,12H2,1-6H3. The molecular weight excluding hydrogens is 262 g/mol. The highest BCUT2D eigenvalue weighted by molar-refractivity contribution is 5.29. The molecule has 1 N–H and O–H groups in total. The van der Waals surface area contributed by atoms with Gasteiger partial charge in [0.05, 0.1) is 17.8 Å². The van der Waals surface area contributed by atoms with E-state index in [1.165, 1.54) is 5.56 Å². The van der Waals surface area contributed by atoms with E-state index in [2.05, 4.69) is 52.1 Å². The second-order valence-electron chi connectivity index (χ2n) is 7.11. The minimum Gasteiger partial charge on any atom is -0.494 e. The summed E-state index contributed by atoms with van der Waals surface area (Å²) < 4.78 is 11.6. The predicted molar refractivity (Wildman–Crippen MR) is 86.8 cm³/mol. The summed E-state index contributed by atoms with van der Waals surface area (Å²) in [6.07, 6.45) is 1.03. The summed E-state index contributed by atoms with van der Waals surface area (Å²) in [6.45, 7) is 13.6. The molecule has 0 aromatic heterocycles. The second kappa shape index (κ2) is 5.98. The van der Waals surface area contributed by atoms with Crippen molar-refractivity contribution in [1.29, 1.82) is 0 Å². The third-order valence-corrected chi connectivity index (χ3v) is 4.22. The smallest absolute Gasteiger partial charge is 0.119 e. The Morgan fingerprint density at radius 3 is 2.33 bits per heavy atom. The van der Waals surface area contributed by atoms with E-state index in [1.54, 1.807) is 0 Å². The molecule has 1 fully saturated rings. The van der Waals surface area contributed by atoms with Gasteiger partial charge in [-0.05, 0) is 65.7 Å². The quantitative estimate of drug-likeness (QED) is 0.886. The maximum Gasteiger partial charge on any atom is 0.119 e. The Kier molecular flexibility index (Phi) is 4.64. The summed E-state index contributed by atoms with van der Waals surface area (Å²) in [5.41, 5.74) is 1.09. The lowest BCUT2D eigenvalue weighted by atomic mass is 9.93. The molecule has 0 aliphatic carbocycles. The van der Waals surface area contributed by atoms with Gasteiger partial charge in [-0.2, -0.15) is 0 Å². The van der Waals surface area contributed by atoms with E-state index in [0.717, 1.165) is 12.2 Å². The Bertz CT molecular complexity index is 465. The highest BCUT2D eigenvalue weighted by atomic mass is 16.5. The van der Waals surface area contributed by atoms with Gasteiger partial charge in [-0.25, -0.2) is 0 Å². The second-order valence-corrected chi connectivity index (χ2v) is 7.11. The van der Waals surface area contributed by atoms with Gasteiger partial charge in [0.1, 0.15) is 5.75 Å². The lowest BCUT2D eigenvalue weighted by molar-refractivity contribution is -0.0703. The molecule has 1 heterocycles. The SMILES string of the molecule is CCOc1ccc(C(C)NC2CC(C)(C)OC2(C)C)cc1. The summed E-state index contributed by atoms with van der Waals surface area (Å²) in [7, 11) is 0. The third-order valence-electron chi connectivity index (χ3n) is 4.22. The number of hydrogen-bond donors (Lipinski definition) is 1. The lowest BCUT2D eigenvalue weighted by Crippen LogP contribution is -2.44. The van der Waals surface area contributed by atoms with Gasteiger partial charge >= 0.3 is 0 Å². The van der Waals surface area contributed by atoms with Crippen molar-refractivity contribution >= 4 is 0 Å². The van der Waals surface area contributed by atoms with Crippen molar-refractivity contribution in [1.82, 2.24) is 5.32 Å². The molecule has 1 saturated heterocycles. The molecule has 1 aliphatic heterocycles. The number of benzene rings is 1. The predicted octanol–water partition coefficient (Wildman–Crippen LogP) is 4.08. The molecule has 3 nitrogen and oxygen atoms in total. The maximum absolute atomic E-state index is 6.15. The molecule has 2 rings (SSSR count). The first kappa shape index (κ1) is 16.3. The summed E-state index contributed by atoms with van der Waals surface area (Å²) in [6, 6.07) is 9.00. The molecule has 0 radical (unpaired) electrons. The molecule has 0 spiro atoms. The summed E-state index contributed by atoms with van der Waals surface area (Å²) in [5, 5.41) is 3.73. The molecule has 1 aromatic rings. The highest BCUT2D eigenvalue weighted by Gasteiger charge is 2.46. The van der Waals surface area contributed by atoms with Crippen molar-refractivity contribution in [2.24, 2.45) is 0 Å². The van der Waals surface area contributed by atoms with Gasteiger partial charge in [-0.3, -0.25) is 0 Å². The van der Waals surface area contributed by atoms with E-state index >= 15 is 0 Å². The lowest BCUT2D eigenvalue weighted by Gasteiger charge is -2.30. The van der Waals surface area contributed by atoms with Crippen LogP contribution < -0.4 is 10.1 Å². The van der Waals surface area contributed by atoms with Crippen LogP contribution in [0.3, 0.4) is 0 Å². The van der Waals surface area contributed by atoms with Gasteiger partial charge in [0.2, 0.25) is 0 Å². The van der Waals surface area contributed by atoms with Crippen LogP contribution >= 0.6 is 0 Å². The maximum atomic E-state index is 6.15. The molecule has 1 aromatic carbocycles. The molecule has 0 saturated carbocycles. The summed E-state index contributed by atoms with van der Waals surface area (Å²) >= 11 is 0. The van der Waals surface area contributed by atoms with Crippen LogP contribution in [0.2, 0.25) is 0 Å². The van der Waals surface area contributed by atoms with Gasteiger partial charge in [0, 0.05) is 12.1 Å². The minimum absolute atomic E-state index is 0.0558. The summed E-state index contributed by atoms with van der Waals surface area (Å²) in [5.74, 6) is 0.930. The van der Waals surface area contributed by atoms with E-state index in [9.17, 15) is 0 Å². The Morgan fingerprint density at radius 1 is 1.24 bits per heavy atom. The van der Waals surface area contributed by atoms with Gasteiger partial charge < -0.3 is 14.8 Å². The van der Waals surface area contributed by atoms with Crippen LogP contribution in [0.5, 0.6) is 5.75 Å². The highest BCUT2D eigenvalue weighted by Crippen LogP contribution is 2.38. The molecule has 21 heavy (non-hydrogen) atoms. The number of hydrogen-bond acceptors (Lipinski definition) is 3. The van der Waals surface area contributed by atoms with Crippen molar-refractivity contribution in [2.45, 2.75) is 71.2 Å². The van der Waals surface area contributed by atoms with Crippen molar-refractivity contribution in [3.63, 3.8) is 0 Å². The molecule has 2 unspecified atom stereocenters. The zero-order valence-electron chi connectivity index (χ0n) is 14.2. The topological polar surface area (TPSA) is 30.5 Å². The van der Waals surface area contributed by atoms with Gasteiger partial charge in [0.25, 0.3) is 0 Å². The molecule has 1 aliphatic rings. The third kappa shape index (κ3) is 3.98. The van der Waals surface area contributed by atoms with Crippen LogP contribution in [0, 0.1) is 0 Å². The van der Waals surface area contributed by atoms with E-state index in [0.29, 0.717) is 18.7 Å². The van der Waals surface area contributed by atoms with E-state index in [-0.39, 0.29) is 11.2 Å². The Morgan fingerprint density at radius 2 is 1.86 bits per heavy atom. The van der Waals surface area contributed by atoms with Crippen LogP contribution in [0.15, 0.2) is 24.3 Å². The van der Waals surface area contributed by atoms with Crippen molar-refractivity contribution in [3.05, 3.63) is 29.8 Å². The van der Waals surface area contributed by atoms with Crippen molar-refractivity contribution < 1.29 is 9.47 Å². The average molecular weight is 291 g/mol. The average Bonchev–Trinajstić information content (AvgIpc) is 2.58. The molecule has 0 amide bonds. The van der Waals surface area contributed by atoms with Crippen LogP contribution in [-0.4, -0.2) is 23.9 Å². The molecule has 3 heteroatoms. The molecule has 118 valence electrons. The zero-order chi connectivity index (χ0) is 15.7. The fourth-order valence-corrected chi connectivity index (χ4v) is 3.24. The fourth-order valence-electron chi connectivity index (χ4n) is 3.24. The number of nitrogens with one attached hydrogen (secondary N) is 1. The fraction of sp³-hybridized carbons (Fsp3) is 0.667. The van der Waals surface area contributed by atoms with E-state index in [4.69, 9.17) is 9.47 Å². The van der Waals surface area contributed by atoms with Crippen molar-refractivity contribution in [3.8, 4) is 5.75 Å². The molecule has 2 atom stereocenters. The van der Waals surface area contributed by atoms with E-state index < -0.39 is 0 Å². The summed E-state index contributed by atoms with van der Waals surface area (Å²) in [4.78, 5) is 0. The number of rotatable bonds is 5. The number of ether oxygens (including phenoxy) is 2. The Hall–Kier alpha value is -1.06. The first-order chi connectivity index (χ1) is 9.73. The zero-order valence-corrected chi connectivity index (χ0v) is 14.2. The first-order valence-electron chi connectivity index (χ1n) is 7.92. The Labute approximate surface area is 129 Å². The molecular formula is C18H29NO2. The van der Waals surface area contributed by atoms with Gasteiger partial charge in [-0.15, -0.1) is 0 Å². The van der Waals surface area contributed by atoms with Gasteiger partial charge in [-0.1, -0.05) is 12.1 Å².